The summed E-state index contributed by atoms with van der Waals surface area (Å²) in [6.45, 7) is 4.56. The van der Waals surface area contributed by atoms with Crippen LogP contribution in [0.5, 0.6) is 0 Å². The maximum absolute atomic E-state index is 15.2. The average molecular weight is 400 g/mol. The lowest BCUT2D eigenvalue weighted by atomic mass is 9.71. The molecule has 4 heteroatoms. The molecule has 158 valence electrons. The number of aliphatic hydroxyl groups is 1. The predicted molar refractivity (Wildman–Crippen MR) is 116 cm³/mol. The van der Waals surface area contributed by atoms with E-state index in [1.165, 1.54) is 11.6 Å². The summed E-state index contributed by atoms with van der Waals surface area (Å²) in [6, 6.07) is 13.2. The smallest absolute Gasteiger partial charge is 0.131 e. The highest BCUT2D eigenvalue weighted by molar-refractivity contribution is 5.70. The minimum atomic E-state index is -1.05. The van der Waals surface area contributed by atoms with E-state index in [1.807, 2.05) is 18.2 Å². The number of unbranched alkanes of at least 4 members (excludes halogenated alkanes) is 1. The predicted octanol–water partition coefficient (Wildman–Crippen LogP) is 5.06. The second-order valence-electron chi connectivity index (χ2n) is 8.11. The molecule has 0 radical (unpaired) electrons. The molecule has 2 aromatic rings. The Morgan fingerprint density at radius 3 is 2.62 bits per heavy atom. The molecule has 1 atom stereocenters. The van der Waals surface area contributed by atoms with Crippen LogP contribution in [0.2, 0.25) is 0 Å². The molecule has 1 saturated heterocycles. The fourth-order valence-electron chi connectivity index (χ4n) is 4.62. The summed E-state index contributed by atoms with van der Waals surface area (Å²) in [5.41, 5.74) is 2.25. The molecule has 1 heterocycles. The van der Waals surface area contributed by atoms with Crippen molar-refractivity contribution in [1.82, 2.24) is 5.32 Å². The molecule has 0 saturated carbocycles. The first kappa shape index (κ1) is 21.9. The topological polar surface area (TPSA) is 41.5 Å². The van der Waals surface area contributed by atoms with Gasteiger partial charge in [0.1, 0.15) is 5.82 Å². The minimum Gasteiger partial charge on any atom is -0.385 e. The van der Waals surface area contributed by atoms with E-state index in [4.69, 9.17) is 4.74 Å². The van der Waals surface area contributed by atoms with Crippen molar-refractivity contribution in [1.29, 1.82) is 0 Å². The zero-order valence-electron chi connectivity index (χ0n) is 17.7. The maximum atomic E-state index is 15.2. The van der Waals surface area contributed by atoms with E-state index in [9.17, 15) is 5.11 Å². The third kappa shape index (κ3) is 5.06. The third-order valence-electron chi connectivity index (χ3n) is 6.27. The van der Waals surface area contributed by atoms with Gasteiger partial charge >= 0.3 is 0 Å². The number of piperidine rings is 1. The van der Waals surface area contributed by atoms with Gasteiger partial charge in [0.2, 0.25) is 0 Å². The first-order chi connectivity index (χ1) is 14.1. The van der Waals surface area contributed by atoms with Gasteiger partial charge in [-0.1, -0.05) is 43.3 Å². The van der Waals surface area contributed by atoms with Crippen LogP contribution < -0.4 is 5.32 Å². The van der Waals surface area contributed by atoms with E-state index in [-0.39, 0.29) is 11.7 Å². The second-order valence-corrected chi connectivity index (χ2v) is 8.11. The van der Waals surface area contributed by atoms with Crippen molar-refractivity contribution < 1.29 is 14.2 Å². The molecule has 0 spiro atoms. The molecule has 3 nitrogen and oxygen atoms in total. The van der Waals surface area contributed by atoms with E-state index in [0.29, 0.717) is 18.6 Å². The van der Waals surface area contributed by atoms with Crippen LogP contribution >= 0.6 is 0 Å². The van der Waals surface area contributed by atoms with Gasteiger partial charge in [0.15, 0.2) is 0 Å². The molecule has 0 bridgehead atoms. The molecule has 29 heavy (non-hydrogen) atoms. The number of aryl methyl sites for hydroxylation is 1. The first-order valence-electron chi connectivity index (χ1n) is 10.9. The van der Waals surface area contributed by atoms with Gasteiger partial charge in [0, 0.05) is 19.3 Å². The summed E-state index contributed by atoms with van der Waals surface area (Å²) in [5, 5.41) is 15.4. The number of benzene rings is 2. The Hall–Kier alpha value is -1.75. The Kier molecular flexibility index (Phi) is 7.82. The highest BCUT2D eigenvalue weighted by Crippen LogP contribution is 2.44. The quantitative estimate of drug-likeness (QED) is 0.579. The molecule has 0 aliphatic carbocycles. The fourth-order valence-corrected chi connectivity index (χ4v) is 4.62. The van der Waals surface area contributed by atoms with Crippen LogP contribution in [0, 0.1) is 11.7 Å². The van der Waals surface area contributed by atoms with Crippen molar-refractivity contribution in [2.45, 2.75) is 51.0 Å². The highest BCUT2D eigenvalue weighted by atomic mass is 19.1. The molecule has 3 rings (SSSR count). The fraction of sp³-hybridized carbons (Fsp3) is 0.520. The first-order valence-corrected chi connectivity index (χ1v) is 10.9. The highest BCUT2D eigenvalue weighted by Gasteiger charge is 2.40. The number of rotatable bonds is 9. The van der Waals surface area contributed by atoms with E-state index < -0.39 is 5.60 Å². The summed E-state index contributed by atoms with van der Waals surface area (Å²) >= 11 is 0. The van der Waals surface area contributed by atoms with Crippen LogP contribution in [0.15, 0.2) is 42.5 Å². The van der Waals surface area contributed by atoms with Crippen molar-refractivity contribution >= 4 is 0 Å². The van der Waals surface area contributed by atoms with Crippen LogP contribution in [0.1, 0.15) is 50.2 Å². The molecule has 1 aliphatic heterocycles. The number of nitrogens with one attached hydrogen (secondary N) is 1. The Balaban J connectivity index is 2.05. The number of hydrogen-bond acceptors (Lipinski definition) is 3. The summed E-state index contributed by atoms with van der Waals surface area (Å²) in [6.07, 6.45) is 5.04. The summed E-state index contributed by atoms with van der Waals surface area (Å²) < 4.78 is 20.4. The van der Waals surface area contributed by atoms with Crippen LogP contribution in [-0.2, 0) is 16.8 Å². The van der Waals surface area contributed by atoms with E-state index in [1.54, 1.807) is 13.2 Å². The number of hydrogen-bond donors (Lipinski definition) is 2. The van der Waals surface area contributed by atoms with Gasteiger partial charge in [0.25, 0.3) is 0 Å². The van der Waals surface area contributed by atoms with Gasteiger partial charge in [-0.3, -0.25) is 0 Å². The van der Waals surface area contributed by atoms with Crippen LogP contribution in [-0.4, -0.2) is 31.9 Å². The Labute approximate surface area is 174 Å². The SMILES string of the molecule is CCc1cccc(-c2c(F)cccc2C(O)(CCCCOC)C2CCNCC2)c1. The zero-order chi connectivity index (χ0) is 20.7. The van der Waals surface area contributed by atoms with Gasteiger partial charge < -0.3 is 15.2 Å². The Morgan fingerprint density at radius 1 is 1.14 bits per heavy atom. The molecule has 1 fully saturated rings. The molecule has 0 aromatic heterocycles. The largest absolute Gasteiger partial charge is 0.385 e. The Bertz CT molecular complexity index is 788. The van der Waals surface area contributed by atoms with Crippen molar-refractivity contribution in [3.8, 4) is 11.1 Å². The minimum absolute atomic E-state index is 0.112. The maximum Gasteiger partial charge on any atom is 0.131 e. The monoisotopic (exact) mass is 399 g/mol. The lowest BCUT2D eigenvalue weighted by Gasteiger charge is -2.40. The normalized spacial score (nSPS) is 17.2. The van der Waals surface area contributed by atoms with Crippen LogP contribution in [0.4, 0.5) is 4.39 Å². The van der Waals surface area contributed by atoms with Gasteiger partial charge in [0.05, 0.1) is 5.60 Å². The summed E-state index contributed by atoms with van der Waals surface area (Å²) in [5.74, 6) is -0.152. The van der Waals surface area contributed by atoms with Crippen LogP contribution in [0.25, 0.3) is 11.1 Å². The van der Waals surface area contributed by atoms with Crippen molar-refractivity contribution in [2.75, 3.05) is 26.8 Å². The van der Waals surface area contributed by atoms with Crippen molar-refractivity contribution in [3.63, 3.8) is 0 Å². The van der Waals surface area contributed by atoms with Crippen molar-refractivity contribution in [2.24, 2.45) is 5.92 Å². The average Bonchev–Trinajstić information content (AvgIpc) is 2.77. The standard InChI is InChI=1S/C25H34FNO2/c1-3-19-8-6-9-20(18-19)24-22(10-7-11-23(24)26)25(28,14-4-5-17-29-2)21-12-15-27-16-13-21/h6-11,18,21,27-28H,3-5,12-17H2,1-2H3. The number of ether oxygens (including phenoxy) is 1. The van der Waals surface area contributed by atoms with E-state index >= 15 is 4.39 Å². The Morgan fingerprint density at radius 2 is 1.90 bits per heavy atom. The van der Waals surface area contributed by atoms with Crippen LogP contribution in [0.3, 0.4) is 0 Å². The van der Waals surface area contributed by atoms with Gasteiger partial charge in [-0.05, 0) is 80.3 Å². The van der Waals surface area contributed by atoms with E-state index in [2.05, 4.69) is 24.4 Å². The van der Waals surface area contributed by atoms with Gasteiger partial charge in [-0.25, -0.2) is 4.39 Å². The molecular weight excluding hydrogens is 365 g/mol. The van der Waals surface area contributed by atoms with Gasteiger partial charge in [-0.15, -0.1) is 0 Å². The summed E-state index contributed by atoms with van der Waals surface area (Å²) in [7, 11) is 1.70. The number of methoxy groups -OCH3 is 1. The van der Waals surface area contributed by atoms with Gasteiger partial charge in [-0.2, -0.15) is 0 Å². The number of halogens is 1. The van der Waals surface area contributed by atoms with E-state index in [0.717, 1.165) is 56.3 Å². The molecule has 1 unspecified atom stereocenters. The summed E-state index contributed by atoms with van der Waals surface area (Å²) in [4.78, 5) is 0. The molecule has 0 amide bonds. The molecular formula is C25H34FNO2. The second kappa shape index (κ2) is 10.3. The zero-order valence-corrected chi connectivity index (χ0v) is 17.7. The molecule has 2 N–H and O–H groups in total. The van der Waals surface area contributed by atoms with Crippen molar-refractivity contribution in [3.05, 3.63) is 59.4 Å². The third-order valence-corrected chi connectivity index (χ3v) is 6.27. The molecule has 1 aliphatic rings. The lowest BCUT2D eigenvalue weighted by Crippen LogP contribution is -2.42. The lowest BCUT2D eigenvalue weighted by molar-refractivity contribution is -0.0459. The molecule has 2 aromatic carbocycles.